The first-order chi connectivity index (χ1) is 14.2. The number of fused-ring (bicyclic) bond motifs is 2. The van der Waals surface area contributed by atoms with Crippen LogP contribution in [0.3, 0.4) is 0 Å². The number of piperidine rings is 1. The zero-order chi connectivity index (χ0) is 19.8. The summed E-state index contributed by atoms with van der Waals surface area (Å²) in [6.07, 6.45) is 11.8. The smallest absolute Gasteiger partial charge is 0.227 e. The standard InChI is InChI=1S/C26H34N2O/c1-19-9-10-23-22(16-19)8-5-13-26(23)18-27-17-24(26)25(29)28-14-11-21(12-15-28)20-6-3-2-4-7-20/h2-4,6-7,9,16,21,23-24,27H,5,8,10-15,17-18H2,1H3/t23?,24-,26-/m0/s1. The predicted molar refractivity (Wildman–Crippen MR) is 118 cm³/mol. The highest BCUT2D eigenvalue weighted by molar-refractivity contribution is 5.81. The molecule has 3 fully saturated rings. The zero-order valence-electron chi connectivity index (χ0n) is 17.7. The van der Waals surface area contributed by atoms with Crippen LogP contribution in [0.5, 0.6) is 0 Å². The lowest BCUT2D eigenvalue weighted by Crippen LogP contribution is -2.50. The van der Waals surface area contributed by atoms with Crippen molar-refractivity contribution in [3.8, 4) is 0 Å². The molecule has 2 aliphatic carbocycles. The van der Waals surface area contributed by atoms with Gasteiger partial charge in [-0.25, -0.2) is 0 Å². The highest BCUT2D eigenvalue weighted by Gasteiger charge is 2.54. The summed E-state index contributed by atoms with van der Waals surface area (Å²) in [5.41, 5.74) is 4.59. The second kappa shape index (κ2) is 7.75. The number of allylic oxidation sites excluding steroid dienone is 4. The number of nitrogens with one attached hydrogen (secondary N) is 1. The van der Waals surface area contributed by atoms with Crippen molar-refractivity contribution in [3.63, 3.8) is 0 Å². The summed E-state index contributed by atoms with van der Waals surface area (Å²) in [5, 5.41) is 3.64. The molecule has 1 amide bonds. The molecule has 2 aliphatic heterocycles. The molecule has 1 spiro atoms. The van der Waals surface area contributed by atoms with Crippen molar-refractivity contribution >= 4 is 5.91 Å². The van der Waals surface area contributed by atoms with Gasteiger partial charge in [0, 0.05) is 31.6 Å². The molecule has 5 rings (SSSR count). The van der Waals surface area contributed by atoms with Gasteiger partial charge in [0.25, 0.3) is 0 Å². The van der Waals surface area contributed by atoms with Gasteiger partial charge in [-0.2, -0.15) is 0 Å². The number of nitrogens with zero attached hydrogens (tertiary/aromatic N) is 1. The van der Waals surface area contributed by atoms with Gasteiger partial charge in [0.05, 0.1) is 5.92 Å². The molecule has 1 saturated carbocycles. The molecule has 3 nitrogen and oxygen atoms in total. The van der Waals surface area contributed by atoms with E-state index in [-0.39, 0.29) is 11.3 Å². The Balaban J connectivity index is 1.31. The van der Waals surface area contributed by atoms with Crippen molar-refractivity contribution < 1.29 is 4.79 Å². The SMILES string of the molecule is CC1=CCC2C(=C1)CCC[C@]21CNC[C@H]1C(=O)N1CCC(c2ccccc2)CC1. The van der Waals surface area contributed by atoms with Crippen LogP contribution >= 0.6 is 0 Å². The van der Waals surface area contributed by atoms with Crippen molar-refractivity contribution in [2.24, 2.45) is 17.3 Å². The van der Waals surface area contributed by atoms with E-state index in [9.17, 15) is 4.79 Å². The molecular formula is C26H34N2O. The monoisotopic (exact) mass is 390 g/mol. The molecule has 29 heavy (non-hydrogen) atoms. The van der Waals surface area contributed by atoms with E-state index < -0.39 is 0 Å². The summed E-state index contributed by atoms with van der Waals surface area (Å²) < 4.78 is 0. The van der Waals surface area contributed by atoms with E-state index in [1.807, 2.05) is 0 Å². The van der Waals surface area contributed by atoms with Crippen molar-refractivity contribution in [2.75, 3.05) is 26.2 Å². The van der Waals surface area contributed by atoms with E-state index in [1.54, 1.807) is 5.57 Å². The van der Waals surface area contributed by atoms with Crippen LogP contribution in [-0.4, -0.2) is 37.0 Å². The molecule has 3 atom stereocenters. The number of carbonyl (C=O) groups excluding carboxylic acids is 1. The van der Waals surface area contributed by atoms with Gasteiger partial charge in [0.1, 0.15) is 0 Å². The second-order valence-electron chi connectivity index (χ2n) is 9.74. The van der Waals surface area contributed by atoms with Crippen LogP contribution in [0.15, 0.2) is 53.6 Å². The fraction of sp³-hybridized carbons (Fsp3) is 0.577. The van der Waals surface area contributed by atoms with Crippen LogP contribution in [0.2, 0.25) is 0 Å². The summed E-state index contributed by atoms with van der Waals surface area (Å²) in [7, 11) is 0. The van der Waals surface area contributed by atoms with E-state index in [1.165, 1.54) is 30.4 Å². The minimum Gasteiger partial charge on any atom is -0.342 e. The maximum atomic E-state index is 13.7. The number of carbonyl (C=O) groups is 1. The molecule has 0 radical (unpaired) electrons. The number of rotatable bonds is 2. The molecule has 1 unspecified atom stereocenters. The summed E-state index contributed by atoms with van der Waals surface area (Å²) in [6.45, 7) is 5.92. The number of amides is 1. The van der Waals surface area contributed by atoms with Gasteiger partial charge in [0.2, 0.25) is 5.91 Å². The molecule has 1 aromatic carbocycles. The lowest BCUT2D eigenvalue weighted by molar-refractivity contribution is -0.141. The van der Waals surface area contributed by atoms with Gasteiger partial charge in [-0.1, -0.05) is 53.6 Å². The van der Waals surface area contributed by atoms with E-state index >= 15 is 0 Å². The Morgan fingerprint density at radius 1 is 1.17 bits per heavy atom. The normalized spacial score (nSPS) is 32.7. The molecule has 2 heterocycles. The van der Waals surface area contributed by atoms with Gasteiger partial charge in [-0.15, -0.1) is 0 Å². The van der Waals surface area contributed by atoms with Crippen LogP contribution in [-0.2, 0) is 4.79 Å². The topological polar surface area (TPSA) is 32.3 Å². The Bertz CT molecular complexity index is 818. The molecule has 0 aromatic heterocycles. The minimum absolute atomic E-state index is 0.134. The predicted octanol–water partition coefficient (Wildman–Crippen LogP) is 4.67. The van der Waals surface area contributed by atoms with E-state index in [0.717, 1.165) is 45.4 Å². The lowest BCUT2D eigenvalue weighted by Gasteiger charge is -2.48. The summed E-state index contributed by atoms with van der Waals surface area (Å²) in [6, 6.07) is 10.8. The fourth-order valence-corrected chi connectivity index (χ4v) is 6.67. The third kappa shape index (κ3) is 3.38. The number of benzene rings is 1. The van der Waals surface area contributed by atoms with Gasteiger partial charge in [-0.05, 0) is 62.8 Å². The van der Waals surface area contributed by atoms with Crippen molar-refractivity contribution in [1.29, 1.82) is 0 Å². The Labute approximate surface area is 175 Å². The third-order valence-electron chi connectivity index (χ3n) is 8.21. The second-order valence-corrected chi connectivity index (χ2v) is 9.74. The zero-order valence-corrected chi connectivity index (χ0v) is 17.7. The summed E-state index contributed by atoms with van der Waals surface area (Å²) in [5.74, 6) is 1.74. The third-order valence-corrected chi connectivity index (χ3v) is 8.21. The molecule has 4 aliphatic rings. The van der Waals surface area contributed by atoms with Gasteiger partial charge >= 0.3 is 0 Å². The maximum Gasteiger partial charge on any atom is 0.227 e. The van der Waals surface area contributed by atoms with Gasteiger partial charge < -0.3 is 10.2 Å². The minimum atomic E-state index is 0.134. The van der Waals surface area contributed by atoms with Crippen molar-refractivity contribution in [2.45, 2.75) is 51.4 Å². The highest BCUT2D eigenvalue weighted by atomic mass is 16.2. The molecule has 0 bridgehead atoms. The van der Waals surface area contributed by atoms with Crippen molar-refractivity contribution in [3.05, 3.63) is 59.2 Å². The highest BCUT2D eigenvalue weighted by Crippen LogP contribution is 2.54. The number of likely N-dealkylation sites (tertiary alicyclic amines) is 1. The molecule has 2 saturated heterocycles. The number of hydrogen-bond acceptors (Lipinski definition) is 2. The average molecular weight is 391 g/mol. The van der Waals surface area contributed by atoms with Gasteiger partial charge in [0.15, 0.2) is 0 Å². The van der Waals surface area contributed by atoms with Crippen LogP contribution in [0, 0.1) is 17.3 Å². The first kappa shape index (κ1) is 19.1. The molecule has 154 valence electrons. The fourth-order valence-electron chi connectivity index (χ4n) is 6.67. The van der Waals surface area contributed by atoms with Crippen molar-refractivity contribution in [1.82, 2.24) is 10.2 Å². The van der Waals surface area contributed by atoms with Crippen LogP contribution < -0.4 is 5.32 Å². The Hall–Kier alpha value is -1.87. The molecule has 1 aromatic rings. The van der Waals surface area contributed by atoms with E-state index in [2.05, 4.69) is 59.6 Å². The average Bonchev–Trinajstić information content (AvgIpc) is 3.18. The Kier molecular flexibility index (Phi) is 5.11. The lowest BCUT2D eigenvalue weighted by atomic mass is 9.57. The van der Waals surface area contributed by atoms with E-state index in [0.29, 0.717) is 17.7 Å². The first-order valence-electron chi connectivity index (χ1n) is 11.6. The van der Waals surface area contributed by atoms with Crippen LogP contribution in [0.4, 0.5) is 0 Å². The quantitative estimate of drug-likeness (QED) is 0.795. The summed E-state index contributed by atoms with van der Waals surface area (Å²) >= 11 is 0. The molecule has 3 heteroatoms. The Morgan fingerprint density at radius 2 is 1.97 bits per heavy atom. The summed E-state index contributed by atoms with van der Waals surface area (Å²) in [4.78, 5) is 15.9. The van der Waals surface area contributed by atoms with Crippen LogP contribution in [0.25, 0.3) is 0 Å². The molecular weight excluding hydrogens is 356 g/mol. The van der Waals surface area contributed by atoms with E-state index in [4.69, 9.17) is 0 Å². The maximum absolute atomic E-state index is 13.7. The number of hydrogen-bond donors (Lipinski definition) is 1. The molecule has 1 N–H and O–H groups in total. The van der Waals surface area contributed by atoms with Crippen LogP contribution in [0.1, 0.15) is 56.9 Å². The largest absolute Gasteiger partial charge is 0.342 e. The Morgan fingerprint density at radius 3 is 2.76 bits per heavy atom. The first-order valence-corrected chi connectivity index (χ1v) is 11.6. The van der Waals surface area contributed by atoms with Gasteiger partial charge in [-0.3, -0.25) is 4.79 Å².